The lowest BCUT2D eigenvalue weighted by Gasteiger charge is -2.36. The maximum atomic E-state index is 12.6. The molecule has 0 saturated carbocycles. The molecule has 7 heteroatoms. The van der Waals surface area contributed by atoms with Crippen LogP contribution in [0.3, 0.4) is 0 Å². The number of carbonyl (C=O) groups is 2. The molecule has 0 spiro atoms. The molecule has 0 aromatic heterocycles. The Morgan fingerprint density at radius 3 is 2.48 bits per heavy atom. The Kier molecular flexibility index (Phi) is 4.87. The lowest BCUT2D eigenvalue weighted by molar-refractivity contribution is -0.142. The van der Waals surface area contributed by atoms with Crippen LogP contribution in [-0.2, 0) is 9.53 Å². The van der Waals surface area contributed by atoms with Crippen LogP contribution in [0, 0.1) is 0 Å². The third kappa shape index (κ3) is 3.50. The van der Waals surface area contributed by atoms with Crippen LogP contribution in [0.2, 0.25) is 0 Å². The lowest BCUT2D eigenvalue weighted by atomic mass is 10.1. The van der Waals surface area contributed by atoms with E-state index in [0.717, 1.165) is 17.3 Å². The fourth-order valence-corrected chi connectivity index (χ4v) is 3.38. The molecule has 0 aliphatic carbocycles. The first-order valence-corrected chi connectivity index (χ1v) is 8.60. The maximum absolute atomic E-state index is 12.6. The third-order valence-electron chi connectivity index (χ3n) is 4.33. The van der Waals surface area contributed by atoms with Gasteiger partial charge in [0.05, 0.1) is 5.56 Å². The summed E-state index contributed by atoms with van der Waals surface area (Å²) in [6, 6.07) is 5.26. The minimum atomic E-state index is -0.292. The SMILES string of the molecule is Nc1cc(Br)ccc1C(=O)N1CCN(C(=O)C2CCCO2)CC1. The zero-order valence-electron chi connectivity index (χ0n) is 12.8. The van der Waals surface area contributed by atoms with E-state index in [1.165, 1.54) is 0 Å². The number of ether oxygens (including phenoxy) is 1. The van der Waals surface area contributed by atoms with Crippen molar-refractivity contribution in [3.63, 3.8) is 0 Å². The van der Waals surface area contributed by atoms with Gasteiger partial charge in [-0.15, -0.1) is 0 Å². The first-order valence-electron chi connectivity index (χ1n) is 7.81. The number of amides is 2. The monoisotopic (exact) mass is 381 g/mol. The van der Waals surface area contributed by atoms with E-state index in [9.17, 15) is 9.59 Å². The van der Waals surface area contributed by atoms with Crippen molar-refractivity contribution in [3.05, 3.63) is 28.2 Å². The van der Waals surface area contributed by atoms with Crippen LogP contribution < -0.4 is 5.73 Å². The van der Waals surface area contributed by atoms with Gasteiger partial charge < -0.3 is 20.3 Å². The van der Waals surface area contributed by atoms with Gasteiger partial charge in [0.15, 0.2) is 0 Å². The molecule has 6 nitrogen and oxygen atoms in total. The fourth-order valence-electron chi connectivity index (χ4n) is 3.00. The minimum absolute atomic E-state index is 0.0535. The summed E-state index contributed by atoms with van der Waals surface area (Å²) in [5, 5.41) is 0. The standard InChI is InChI=1S/C16H20BrN3O3/c17-11-3-4-12(13(18)10-11)15(21)19-5-7-20(8-6-19)16(22)14-2-1-9-23-14/h3-4,10,14H,1-2,5-9,18H2. The summed E-state index contributed by atoms with van der Waals surface area (Å²) in [5.41, 5.74) is 6.90. The van der Waals surface area contributed by atoms with Crippen LogP contribution in [0.15, 0.2) is 22.7 Å². The number of hydrogen-bond donors (Lipinski definition) is 1. The summed E-state index contributed by atoms with van der Waals surface area (Å²) in [5.74, 6) is -0.0306. The van der Waals surface area contributed by atoms with Crippen molar-refractivity contribution in [1.82, 2.24) is 9.80 Å². The Bertz CT molecular complexity index is 609. The van der Waals surface area contributed by atoms with Crippen molar-refractivity contribution in [2.24, 2.45) is 0 Å². The summed E-state index contributed by atoms with van der Waals surface area (Å²) < 4.78 is 6.29. The van der Waals surface area contributed by atoms with E-state index in [0.29, 0.717) is 44.0 Å². The van der Waals surface area contributed by atoms with E-state index < -0.39 is 0 Å². The summed E-state index contributed by atoms with van der Waals surface area (Å²) in [4.78, 5) is 28.4. The van der Waals surface area contributed by atoms with Crippen LogP contribution in [0.4, 0.5) is 5.69 Å². The van der Waals surface area contributed by atoms with Gasteiger partial charge in [0.1, 0.15) is 6.10 Å². The van der Waals surface area contributed by atoms with Gasteiger partial charge in [0, 0.05) is 42.9 Å². The molecule has 2 N–H and O–H groups in total. The Hall–Kier alpha value is -1.60. The third-order valence-corrected chi connectivity index (χ3v) is 4.82. The second-order valence-corrected chi connectivity index (χ2v) is 6.77. The smallest absolute Gasteiger partial charge is 0.256 e. The number of benzene rings is 1. The van der Waals surface area contributed by atoms with E-state index in [1.54, 1.807) is 28.0 Å². The summed E-state index contributed by atoms with van der Waals surface area (Å²) in [6.45, 7) is 2.79. The lowest BCUT2D eigenvalue weighted by Crippen LogP contribution is -2.52. The number of nitrogens with zero attached hydrogens (tertiary/aromatic N) is 2. The Balaban J connectivity index is 1.60. The van der Waals surface area contributed by atoms with Crippen LogP contribution >= 0.6 is 15.9 Å². The number of rotatable bonds is 2. The van der Waals surface area contributed by atoms with Crippen molar-refractivity contribution >= 4 is 33.4 Å². The Labute approximate surface area is 143 Å². The molecule has 2 aliphatic heterocycles. The molecule has 2 heterocycles. The van der Waals surface area contributed by atoms with E-state index in [-0.39, 0.29) is 17.9 Å². The number of carbonyl (C=O) groups excluding carboxylic acids is 2. The molecule has 23 heavy (non-hydrogen) atoms. The van der Waals surface area contributed by atoms with E-state index in [2.05, 4.69) is 15.9 Å². The molecule has 3 rings (SSSR count). The highest BCUT2D eigenvalue weighted by Gasteiger charge is 2.31. The summed E-state index contributed by atoms with van der Waals surface area (Å²) in [7, 11) is 0. The van der Waals surface area contributed by atoms with Gasteiger partial charge >= 0.3 is 0 Å². The number of piperazine rings is 1. The van der Waals surface area contributed by atoms with Gasteiger partial charge in [0.25, 0.3) is 11.8 Å². The molecule has 1 unspecified atom stereocenters. The first kappa shape index (κ1) is 16.3. The van der Waals surface area contributed by atoms with Gasteiger partial charge in [-0.25, -0.2) is 0 Å². The van der Waals surface area contributed by atoms with Crippen LogP contribution in [0.25, 0.3) is 0 Å². The first-order chi connectivity index (χ1) is 11.1. The number of hydrogen-bond acceptors (Lipinski definition) is 4. The van der Waals surface area contributed by atoms with Crippen molar-refractivity contribution < 1.29 is 14.3 Å². The van der Waals surface area contributed by atoms with Crippen LogP contribution in [-0.4, -0.2) is 60.5 Å². The average Bonchev–Trinajstić information content (AvgIpc) is 3.08. The molecule has 124 valence electrons. The van der Waals surface area contributed by atoms with Crippen molar-refractivity contribution in [2.45, 2.75) is 18.9 Å². The quantitative estimate of drug-likeness (QED) is 0.787. The molecular formula is C16H20BrN3O3. The number of anilines is 1. The number of nitrogens with two attached hydrogens (primary N) is 1. The van der Waals surface area contributed by atoms with E-state index in [1.807, 2.05) is 0 Å². The van der Waals surface area contributed by atoms with Gasteiger partial charge in [0.2, 0.25) is 0 Å². The highest BCUT2D eigenvalue weighted by molar-refractivity contribution is 9.10. The zero-order valence-corrected chi connectivity index (χ0v) is 14.4. The largest absolute Gasteiger partial charge is 0.398 e. The molecular weight excluding hydrogens is 362 g/mol. The van der Waals surface area contributed by atoms with Gasteiger partial charge in [-0.05, 0) is 31.0 Å². The van der Waals surface area contributed by atoms with E-state index in [4.69, 9.17) is 10.5 Å². The molecule has 1 aromatic rings. The highest BCUT2D eigenvalue weighted by atomic mass is 79.9. The molecule has 1 aromatic carbocycles. The number of nitrogen functional groups attached to an aromatic ring is 1. The van der Waals surface area contributed by atoms with Crippen molar-refractivity contribution in [2.75, 3.05) is 38.5 Å². The molecule has 0 bridgehead atoms. The van der Waals surface area contributed by atoms with Crippen molar-refractivity contribution in [3.8, 4) is 0 Å². The minimum Gasteiger partial charge on any atom is -0.398 e. The van der Waals surface area contributed by atoms with Gasteiger partial charge in [-0.3, -0.25) is 9.59 Å². The zero-order chi connectivity index (χ0) is 16.4. The Morgan fingerprint density at radius 1 is 1.17 bits per heavy atom. The predicted octanol–water partition coefficient (Wildman–Crippen LogP) is 1.49. The molecule has 2 aliphatic rings. The second kappa shape index (κ2) is 6.88. The van der Waals surface area contributed by atoms with Crippen LogP contribution in [0.1, 0.15) is 23.2 Å². The second-order valence-electron chi connectivity index (χ2n) is 5.85. The van der Waals surface area contributed by atoms with Crippen LogP contribution in [0.5, 0.6) is 0 Å². The topological polar surface area (TPSA) is 75.9 Å². The molecule has 0 radical (unpaired) electrons. The molecule has 1 atom stereocenters. The average molecular weight is 382 g/mol. The summed E-state index contributed by atoms with van der Waals surface area (Å²) in [6.07, 6.45) is 1.45. The summed E-state index contributed by atoms with van der Waals surface area (Å²) >= 11 is 3.34. The van der Waals surface area contributed by atoms with Crippen molar-refractivity contribution in [1.29, 1.82) is 0 Å². The van der Waals surface area contributed by atoms with Gasteiger partial charge in [-0.1, -0.05) is 15.9 Å². The van der Waals surface area contributed by atoms with E-state index >= 15 is 0 Å². The number of halogens is 1. The molecule has 2 fully saturated rings. The Morgan fingerprint density at radius 2 is 1.87 bits per heavy atom. The predicted molar refractivity (Wildman–Crippen MR) is 90.0 cm³/mol. The fraction of sp³-hybridized carbons (Fsp3) is 0.500. The highest BCUT2D eigenvalue weighted by Crippen LogP contribution is 2.21. The molecule has 2 saturated heterocycles. The maximum Gasteiger partial charge on any atom is 0.256 e. The van der Waals surface area contributed by atoms with Gasteiger partial charge in [-0.2, -0.15) is 0 Å². The normalized spacial score (nSPS) is 21.5. The molecule has 2 amide bonds.